The first-order valence-electron chi connectivity index (χ1n) is 3.18. The first-order chi connectivity index (χ1) is 7.83. The van der Waals surface area contributed by atoms with Gasteiger partial charge in [-0.05, 0) is 0 Å². The number of hydrogen-bond acceptors (Lipinski definition) is 2. The topological polar surface area (TPSA) is 73.9 Å². The van der Waals surface area contributed by atoms with Gasteiger partial charge in [0.2, 0.25) is 0 Å². The van der Waals surface area contributed by atoms with Gasteiger partial charge >= 0.3 is 39.4 Å². The summed E-state index contributed by atoms with van der Waals surface area (Å²) in [6.45, 7) is 28.9. The maximum absolute atomic E-state index is 7.75. The van der Waals surface area contributed by atoms with Crippen LogP contribution in [0.4, 0.5) is 0 Å². The fraction of sp³-hybridized carbons (Fsp3) is 0. The van der Waals surface area contributed by atoms with Gasteiger partial charge < -0.3 is 9.59 Å². The molecule has 0 bridgehead atoms. The molecule has 0 aliphatic carbocycles. The van der Waals surface area contributed by atoms with E-state index in [0.29, 0.717) is 0 Å². The van der Waals surface area contributed by atoms with Crippen LogP contribution in [-0.4, -0.2) is 13.6 Å². The molecule has 0 aromatic heterocycles. The molecule has 0 N–H and O–H groups in total. The summed E-state index contributed by atoms with van der Waals surface area (Å²) in [5.41, 5.74) is 0. The third-order valence-corrected chi connectivity index (χ3v) is 0.333. The maximum atomic E-state index is 7.75. The number of carbonyl (C=O) groups excluding carboxylic acids is 2. The van der Waals surface area contributed by atoms with Crippen molar-refractivity contribution in [2.75, 3.05) is 0 Å². The van der Waals surface area contributed by atoms with Crippen LogP contribution in [0.3, 0.4) is 0 Å². The van der Waals surface area contributed by atoms with E-state index in [1.54, 1.807) is 24.3 Å². The van der Waals surface area contributed by atoms with Crippen molar-refractivity contribution < 1.29 is 52.5 Å². The minimum atomic E-state index is 0. The Balaban J connectivity index is -0.0000000113. The van der Waals surface area contributed by atoms with Crippen molar-refractivity contribution in [3.63, 3.8) is 0 Å². The Morgan fingerprint density at radius 1 is 0.667 bits per heavy atom. The van der Waals surface area contributed by atoms with E-state index < -0.39 is 0 Å². The van der Waals surface area contributed by atoms with Gasteiger partial charge in [-0.1, -0.05) is 50.6 Å². The molecule has 0 atom stereocenters. The third-order valence-electron chi connectivity index (χ3n) is 0.333. The Bertz CT molecular complexity index is 145. The van der Waals surface area contributed by atoms with Gasteiger partial charge in [-0.2, -0.15) is 0 Å². The fourth-order valence-corrected chi connectivity index (χ4v) is 0. The Labute approximate surface area is 130 Å². The van der Waals surface area contributed by atoms with Crippen LogP contribution in [0.1, 0.15) is 0 Å². The first-order valence-corrected chi connectivity index (χ1v) is 3.18. The third kappa shape index (κ3) is 4480. The van der Waals surface area contributed by atoms with Crippen molar-refractivity contribution >= 4 is 13.6 Å². The molecule has 0 saturated carbocycles. The molecular formula is C12H14Co2O4. The standard InChI is InChI=1S/2C4H6.2CHO.2CO.2Co/c2*1-3-4-2;4*1-2;;/h2*3-4H,1-2H2;2*1H;;;;/q;;2*-1;;;;+2. The number of hydrogen-bond donors (Lipinski definition) is 0. The summed E-state index contributed by atoms with van der Waals surface area (Å²) in [6.07, 6.45) is 6.56. The molecule has 0 amide bonds. The van der Waals surface area contributed by atoms with Crippen LogP contribution < -0.4 is 0 Å². The summed E-state index contributed by atoms with van der Waals surface area (Å²) in [7, 11) is 0. The van der Waals surface area contributed by atoms with Crippen LogP contribution in [-0.2, 0) is 52.5 Å². The average molecular weight is 340 g/mol. The molecule has 104 valence electrons. The smallest absolute Gasteiger partial charge is 0.545 e. The van der Waals surface area contributed by atoms with Crippen molar-refractivity contribution in [1.82, 2.24) is 0 Å². The summed E-state index contributed by atoms with van der Waals surface area (Å²) < 4.78 is 15.0. The van der Waals surface area contributed by atoms with Gasteiger partial charge in [-0.3, -0.25) is 13.6 Å². The summed E-state index contributed by atoms with van der Waals surface area (Å²) in [6, 6.07) is 0. The molecule has 0 fully saturated rings. The summed E-state index contributed by atoms with van der Waals surface area (Å²) in [5, 5.41) is 0. The summed E-state index contributed by atoms with van der Waals surface area (Å²) in [5.74, 6) is 0. The van der Waals surface area contributed by atoms with Crippen LogP contribution in [0.2, 0.25) is 0 Å². The van der Waals surface area contributed by atoms with Gasteiger partial charge in [0.05, 0.1) is 0 Å². The van der Waals surface area contributed by atoms with Crippen molar-refractivity contribution in [2.45, 2.75) is 0 Å². The second-order valence-electron chi connectivity index (χ2n) is 0.943. The second kappa shape index (κ2) is 443. The molecule has 0 unspecified atom stereocenters. The summed E-state index contributed by atoms with van der Waals surface area (Å²) >= 11 is 0. The van der Waals surface area contributed by atoms with E-state index in [2.05, 4.69) is 53.2 Å². The molecule has 0 aromatic rings. The molecule has 4 nitrogen and oxygen atoms in total. The zero-order valence-corrected chi connectivity index (χ0v) is 11.7. The van der Waals surface area contributed by atoms with Gasteiger partial charge in [0.1, 0.15) is 0 Å². The fourth-order valence-electron chi connectivity index (χ4n) is 0. The normalized spacial score (nSPS) is 2.89. The van der Waals surface area contributed by atoms with E-state index in [1.807, 2.05) is 0 Å². The van der Waals surface area contributed by atoms with Gasteiger partial charge in [-0.25, -0.2) is 0 Å². The van der Waals surface area contributed by atoms with E-state index >= 15 is 0 Å². The quantitative estimate of drug-likeness (QED) is 0.334. The van der Waals surface area contributed by atoms with Gasteiger partial charge in [0.25, 0.3) is 0 Å². The molecule has 0 saturated heterocycles. The minimum Gasteiger partial charge on any atom is -0.545 e. The Morgan fingerprint density at radius 3 is 0.722 bits per heavy atom. The number of rotatable bonds is 2. The Morgan fingerprint density at radius 2 is 0.722 bits per heavy atom. The molecule has 18 heavy (non-hydrogen) atoms. The predicted molar refractivity (Wildman–Crippen MR) is 62.1 cm³/mol. The van der Waals surface area contributed by atoms with Crippen molar-refractivity contribution in [3.8, 4) is 0 Å². The van der Waals surface area contributed by atoms with E-state index in [9.17, 15) is 0 Å². The molecule has 0 spiro atoms. The summed E-state index contributed by atoms with van der Waals surface area (Å²) in [4.78, 5) is 15.5. The van der Waals surface area contributed by atoms with Gasteiger partial charge in [0.15, 0.2) is 0 Å². The molecule has 0 aromatic carbocycles. The number of allylic oxidation sites excluding steroid dienone is 4. The van der Waals surface area contributed by atoms with E-state index in [4.69, 9.17) is 18.9 Å². The van der Waals surface area contributed by atoms with Crippen LogP contribution in [0.5, 0.6) is 0 Å². The molecule has 6 heteroatoms. The van der Waals surface area contributed by atoms with Crippen molar-refractivity contribution in [3.05, 3.63) is 63.9 Å². The zero-order chi connectivity index (χ0) is 14.8. The van der Waals surface area contributed by atoms with Crippen molar-refractivity contribution in [2.24, 2.45) is 0 Å². The van der Waals surface area contributed by atoms with Crippen LogP contribution in [0, 0.1) is 13.3 Å². The molecule has 0 aliphatic rings. The van der Waals surface area contributed by atoms with Crippen LogP contribution in [0.15, 0.2) is 50.6 Å². The Hall–Kier alpha value is -1.21. The van der Waals surface area contributed by atoms with E-state index in [0.717, 1.165) is 0 Å². The second-order valence-corrected chi connectivity index (χ2v) is 0.943. The maximum Gasteiger partial charge on any atom is 2.00 e. The SMILES string of the molecule is C=CC=C.C=CC=C.[C-]#[O+].[C-]#[O+].[CH-]=O.[CH-]=O.[Co+2].[Co]. The van der Waals surface area contributed by atoms with E-state index in [1.165, 1.54) is 0 Å². The molecule has 0 aliphatic heterocycles. The van der Waals surface area contributed by atoms with Crippen molar-refractivity contribution in [1.29, 1.82) is 0 Å². The minimum absolute atomic E-state index is 0. The first kappa shape index (κ1) is 54.2. The van der Waals surface area contributed by atoms with Crippen LogP contribution in [0.25, 0.3) is 0 Å². The zero-order valence-electron chi connectivity index (χ0n) is 9.59. The molecule has 0 heterocycles. The monoisotopic (exact) mass is 340 g/mol. The molecule has 2 radical (unpaired) electrons. The van der Waals surface area contributed by atoms with Gasteiger partial charge in [-0.15, -0.1) is 0 Å². The molecule has 0 rings (SSSR count). The molecular weight excluding hydrogens is 326 g/mol. The predicted octanol–water partition coefficient (Wildman–Crippen LogP) is 2.09. The Kier molecular flexibility index (Phi) is 1330. The largest absolute Gasteiger partial charge is 2.00 e. The van der Waals surface area contributed by atoms with Crippen LogP contribution >= 0.6 is 0 Å². The van der Waals surface area contributed by atoms with Gasteiger partial charge in [0, 0.05) is 16.8 Å². The van der Waals surface area contributed by atoms with E-state index in [-0.39, 0.29) is 33.6 Å². The average Bonchev–Trinajstić information content (AvgIpc) is 2.47.